The Morgan fingerprint density at radius 1 is 0.688 bits per heavy atom. The normalized spacial score (nSPS) is 12.3. The molecule has 1 amide bonds. The van der Waals surface area contributed by atoms with E-state index in [1.54, 1.807) is 0 Å². The van der Waals surface area contributed by atoms with Crippen LogP contribution in [0.1, 0.15) is 123 Å². The van der Waals surface area contributed by atoms with Gasteiger partial charge in [-0.15, -0.1) is 0 Å². The van der Waals surface area contributed by atoms with Gasteiger partial charge >= 0.3 is 0 Å². The third-order valence-corrected chi connectivity index (χ3v) is 4.09. The zero-order chi connectivity index (χ0) is 26.1. The Balaban J connectivity index is -0.00000154. The van der Waals surface area contributed by atoms with Crippen LogP contribution in [-0.4, -0.2) is 49.1 Å². The van der Waals surface area contributed by atoms with Crippen LogP contribution in [0.15, 0.2) is 0 Å². The molecule has 0 aliphatic carbocycles. The lowest BCUT2D eigenvalue weighted by Crippen LogP contribution is -2.37. The third-order valence-electron chi connectivity index (χ3n) is 4.09. The maximum Gasteiger partial charge on any atom is 0.222 e. The number of hydrogen-bond donors (Lipinski definition) is 1. The van der Waals surface area contributed by atoms with Crippen molar-refractivity contribution in [1.82, 2.24) is 5.32 Å². The molecule has 0 rings (SSSR count). The second kappa shape index (κ2) is 17.8. The van der Waals surface area contributed by atoms with E-state index in [1.165, 1.54) is 6.42 Å². The van der Waals surface area contributed by atoms with Gasteiger partial charge in [0.25, 0.3) is 0 Å². The molecule has 0 aliphatic heterocycles. The van der Waals surface area contributed by atoms with Crippen LogP contribution in [0.25, 0.3) is 0 Å². The Hall–Kier alpha value is -0.650. The molecule has 5 heteroatoms. The predicted molar refractivity (Wildman–Crippen MR) is 139 cm³/mol. The van der Waals surface area contributed by atoms with Crippen molar-refractivity contribution in [3.8, 4) is 0 Å². The Labute approximate surface area is 201 Å². The highest BCUT2D eigenvalue weighted by Crippen LogP contribution is 2.22. The highest BCUT2D eigenvalue weighted by atomic mass is 16.5. The molecule has 0 bridgehead atoms. The molecule has 0 saturated heterocycles. The molecule has 32 heavy (non-hydrogen) atoms. The molecular weight excluding hydrogens is 402 g/mol. The quantitative estimate of drug-likeness (QED) is 0.313. The minimum Gasteiger partial charge on any atom is -0.376 e. The van der Waals surface area contributed by atoms with Gasteiger partial charge in [-0.2, -0.15) is 0 Å². The van der Waals surface area contributed by atoms with Gasteiger partial charge in [0.05, 0.1) is 29.8 Å². The smallest absolute Gasteiger partial charge is 0.222 e. The maximum absolute atomic E-state index is 12.2. The minimum absolute atomic E-state index is 0.00627. The number of amides is 1. The SMILES string of the molecule is CC.CC(C)(C)CCOC(C)(C)CC(=O)NCCOC(C)(C)CCOC(C)(C)C.CCC. The van der Waals surface area contributed by atoms with E-state index in [2.05, 4.69) is 39.9 Å². The topological polar surface area (TPSA) is 56.8 Å². The summed E-state index contributed by atoms with van der Waals surface area (Å²) in [5.41, 5.74) is -0.628. The highest BCUT2D eigenvalue weighted by Gasteiger charge is 2.24. The largest absolute Gasteiger partial charge is 0.376 e. The second-order valence-electron chi connectivity index (χ2n) is 11.5. The van der Waals surface area contributed by atoms with Gasteiger partial charge in [-0.1, -0.05) is 54.9 Å². The fourth-order valence-corrected chi connectivity index (χ4v) is 2.33. The Bertz CT molecular complexity index is 446. The first kappa shape index (κ1) is 35.9. The fraction of sp³-hybridized carbons (Fsp3) is 0.963. The molecule has 0 saturated carbocycles. The minimum atomic E-state index is -0.459. The van der Waals surface area contributed by atoms with Crippen LogP contribution in [0.3, 0.4) is 0 Å². The van der Waals surface area contributed by atoms with Gasteiger partial charge in [0, 0.05) is 19.8 Å². The van der Waals surface area contributed by atoms with Crippen molar-refractivity contribution in [3.05, 3.63) is 0 Å². The molecule has 5 nitrogen and oxygen atoms in total. The zero-order valence-electron chi connectivity index (χ0n) is 24.3. The molecule has 0 aromatic rings. The summed E-state index contributed by atoms with van der Waals surface area (Å²) in [7, 11) is 0. The average molecular weight is 462 g/mol. The van der Waals surface area contributed by atoms with Gasteiger partial charge in [0.1, 0.15) is 0 Å². The summed E-state index contributed by atoms with van der Waals surface area (Å²) in [6.07, 6.45) is 3.38. The number of rotatable bonds is 12. The molecule has 1 N–H and O–H groups in total. The zero-order valence-corrected chi connectivity index (χ0v) is 24.3. The first-order chi connectivity index (χ1) is 14.4. The molecule has 0 spiro atoms. The Morgan fingerprint density at radius 2 is 1.12 bits per heavy atom. The lowest BCUT2D eigenvalue weighted by atomic mass is 9.93. The van der Waals surface area contributed by atoms with Crippen molar-refractivity contribution in [2.75, 3.05) is 26.4 Å². The average Bonchev–Trinajstić information content (AvgIpc) is 2.58. The standard InChI is InChI=1S/C22H45NO4.C3H8.C2H6/c1-19(2,3)11-14-26-22(9,10)17-18(24)23-13-16-27-21(7,8)12-15-25-20(4,5)6;1-3-2;1-2/h11-17H2,1-10H3,(H,23,24);3H2,1-2H3;1-2H3. The van der Waals surface area contributed by atoms with Crippen LogP contribution in [0.5, 0.6) is 0 Å². The first-order valence-corrected chi connectivity index (χ1v) is 12.6. The van der Waals surface area contributed by atoms with Crippen molar-refractivity contribution >= 4 is 5.91 Å². The van der Waals surface area contributed by atoms with Crippen LogP contribution < -0.4 is 5.32 Å². The van der Waals surface area contributed by atoms with E-state index in [-0.39, 0.29) is 22.5 Å². The van der Waals surface area contributed by atoms with E-state index in [9.17, 15) is 4.79 Å². The highest BCUT2D eigenvalue weighted by molar-refractivity contribution is 5.76. The van der Waals surface area contributed by atoms with Gasteiger partial charge in [-0.05, 0) is 66.7 Å². The maximum atomic E-state index is 12.2. The number of ether oxygens (including phenoxy) is 3. The summed E-state index contributed by atoms with van der Waals surface area (Å²) in [6.45, 7) is 31.3. The van der Waals surface area contributed by atoms with E-state index >= 15 is 0 Å². The lowest BCUT2D eigenvalue weighted by molar-refractivity contribution is -0.128. The summed E-state index contributed by atoms with van der Waals surface area (Å²) in [5.74, 6) is -0.00627. The van der Waals surface area contributed by atoms with Gasteiger partial charge < -0.3 is 19.5 Å². The molecule has 0 fully saturated rings. The molecule has 0 aromatic carbocycles. The van der Waals surface area contributed by atoms with Crippen molar-refractivity contribution in [3.63, 3.8) is 0 Å². The number of nitrogens with one attached hydrogen (secondary N) is 1. The van der Waals surface area contributed by atoms with Crippen LogP contribution in [0.2, 0.25) is 0 Å². The van der Waals surface area contributed by atoms with Crippen molar-refractivity contribution in [2.24, 2.45) is 5.41 Å². The lowest BCUT2D eigenvalue weighted by Gasteiger charge is -2.28. The van der Waals surface area contributed by atoms with Gasteiger partial charge in [0.15, 0.2) is 0 Å². The summed E-state index contributed by atoms with van der Waals surface area (Å²) >= 11 is 0. The molecule has 0 aromatic heterocycles. The number of hydrogen-bond acceptors (Lipinski definition) is 4. The third kappa shape index (κ3) is 29.4. The Morgan fingerprint density at radius 3 is 1.56 bits per heavy atom. The molecule has 196 valence electrons. The predicted octanol–water partition coefficient (Wildman–Crippen LogP) is 7.17. The first-order valence-electron chi connectivity index (χ1n) is 12.6. The van der Waals surface area contributed by atoms with Crippen molar-refractivity contribution in [2.45, 2.75) is 139 Å². The molecule has 0 radical (unpaired) electrons. The molecule has 0 aliphatic rings. The van der Waals surface area contributed by atoms with E-state index in [0.717, 1.165) is 12.8 Å². The van der Waals surface area contributed by atoms with Gasteiger partial charge in [0.2, 0.25) is 5.91 Å². The van der Waals surface area contributed by atoms with Crippen LogP contribution in [0, 0.1) is 5.41 Å². The summed E-state index contributed by atoms with van der Waals surface area (Å²) < 4.78 is 17.6. The summed E-state index contributed by atoms with van der Waals surface area (Å²) in [5, 5.41) is 2.92. The fourth-order valence-electron chi connectivity index (χ4n) is 2.33. The van der Waals surface area contributed by atoms with Crippen LogP contribution >= 0.6 is 0 Å². The molecule has 0 unspecified atom stereocenters. The van der Waals surface area contributed by atoms with E-state index in [1.807, 2.05) is 62.3 Å². The molecular formula is C27H59NO4. The van der Waals surface area contributed by atoms with Gasteiger partial charge in [-0.3, -0.25) is 4.79 Å². The summed E-state index contributed by atoms with van der Waals surface area (Å²) in [6, 6.07) is 0. The van der Waals surface area contributed by atoms with E-state index in [0.29, 0.717) is 32.8 Å². The van der Waals surface area contributed by atoms with E-state index < -0.39 is 5.60 Å². The van der Waals surface area contributed by atoms with E-state index in [4.69, 9.17) is 14.2 Å². The Kier molecular flexibility index (Phi) is 20.0. The number of carbonyl (C=O) groups excluding carboxylic acids is 1. The van der Waals surface area contributed by atoms with Crippen molar-refractivity contribution < 1.29 is 19.0 Å². The van der Waals surface area contributed by atoms with Crippen LogP contribution in [-0.2, 0) is 19.0 Å². The number of carbonyl (C=O) groups is 1. The van der Waals surface area contributed by atoms with Gasteiger partial charge in [-0.25, -0.2) is 0 Å². The van der Waals surface area contributed by atoms with Crippen molar-refractivity contribution in [1.29, 1.82) is 0 Å². The van der Waals surface area contributed by atoms with Crippen LogP contribution in [0.4, 0.5) is 0 Å². The molecule has 0 atom stereocenters. The second-order valence-corrected chi connectivity index (χ2v) is 11.5. The monoisotopic (exact) mass is 461 g/mol. The summed E-state index contributed by atoms with van der Waals surface area (Å²) in [4.78, 5) is 12.2. The molecule has 0 heterocycles.